The van der Waals surface area contributed by atoms with Crippen molar-refractivity contribution < 1.29 is 4.79 Å². The molecule has 15 heavy (non-hydrogen) atoms. The minimum absolute atomic E-state index is 0.0574. The Bertz CT molecular complexity index is 264. The lowest BCUT2D eigenvalue weighted by Gasteiger charge is -2.36. The summed E-state index contributed by atoms with van der Waals surface area (Å²) >= 11 is 0. The molecule has 84 valence electrons. The molecular formula is C9H17N5O. The molecule has 0 aromatic rings. The van der Waals surface area contributed by atoms with Crippen LogP contribution in [-0.2, 0) is 4.79 Å². The quantitative estimate of drug-likeness (QED) is 0.394. The van der Waals surface area contributed by atoms with Gasteiger partial charge in [-0.1, -0.05) is 5.11 Å². The minimum Gasteiger partial charge on any atom is -0.340 e. The summed E-state index contributed by atoms with van der Waals surface area (Å²) < 4.78 is 0. The maximum Gasteiger partial charge on any atom is 0.228 e. The minimum atomic E-state index is -0.0730. The van der Waals surface area contributed by atoms with Crippen LogP contribution in [0.4, 0.5) is 0 Å². The van der Waals surface area contributed by atoms with E-state index >= 15 is 0 Å². The van der Waals surface area contributed by atoms with Crippen molar-refractivity contribution in [2.45, 2.75) is 19.9 Å². The van der Waals surface area contributed by atoms with Crippen LogP contribution in [0.1, 0.15) is 13.8 Å². The molecule has 0 N–H and O–H groups in total. The molecule has 1 aliphatic rings. The highest BCUT2D eigenvalue weighted by molar-refractivity contribution is 5.78. The molecule has 0 atom stereocenters. The second kappa shape index (κ2) is 5.58. The summed E-state index contributed by atoms with van der Waals surface area (Å²) in [7, 11) is 0. The van der Waals surface area contributed by atoms with Crippen LogP contribution in [0.3, 0.4) is 0 Å². The van der Waals surface area contributed by atoms with Crippen LogP contribution < -0.4 is 0 Å². The summed E-state index contributed by atoms with van der Waals surface area (Å²) in [6.07, 6.45) is 0. The van der Waals surface area contributed by atoms with E-state index in [0.29, 0.717) is 6.04 Å². The number of nitrogens with zero attached hydrogens (tertiary/aromatic N) is 5. The van der Waals surface area contributed by atoms with Crippen LogP contribution >= 0.6 is 0 Å². The van der Waals surface area contributed by atoms with Gasteiger partial charge < -0.3 is 4.90 Å². The number of amides is 1. The van der Waals surface area contributed by atoms with Gasteiger partial charge in [0.1, 0.15) is 6.54 Å². The van der Waals surface area contributed by atoms with Crippen molar-refractivity contribution in [2.75, 3.05) is 32.7 Å². The second-order valence-corrected chi connectivity index (χ2v) is 3.90. The number of carbonyl (C=O) groups is 1. The van der Waals surface area contributed by atoms with Gasteiger partial charge in [-0.15, -0.1) is 0 Å². The van der Waals surface area contributed by atoms with E-state index < -0.39 is 0 Å². The van der Waals surface area contributed by atoms with Gasteiger partial charge in [0.25, 0.3) is 0 Å². The van der Waals surface area contributed by atoms with E-state index in [9.17, 15) is 4.79 Å². The molecular weight excluding hydrogens is 194 g/mol. The molecule has 0 aromatic carbocycles. The Balaban J connectivity index is 2.36. The number of piperazine rings is 1. The molecule has 0 spiro atoms. The molecule has 1 saturated heterocycles. The van der Waals surface area contributed by atoms with Gasteiger partial charge in [0.05, 0.1) is 0 Å². The Morgan fingerprint density at radius 1 is 1.40 bits per heavy atom. The van der Waals surface area contributed by atoms with Gasteiger partial charge in [0, 0.05) is 37.1 Å². The van der Waals surface area contributed by atoms with Crippen LogP contribution in [0, 0.1) is 0 Å². The molecule has 0 radical (unpaired) electrons. The Labute approximate surface area is 89.5 Å². The van der Waals surface area contributed by atoms with Gasteiger partial charge in [-0.3, -0.25) is 9.69 Å². The summed E-state index contributed by atoms with van der Waals surface area (Å²) in [5.74, 6) is -0.0730. The lowest BCUT2D eigenvalue weighted by atomic mass is 10.2. The zero-order valence-corrected chi connectivity index (χ0v) is 9.26. The largest absolute Gasteiger partial charge is 0.340 e. The molecule has 1 aliphatic heterocycles. The monoisotopic (exact) mass is 211 g/mol. The fourth-order valence-corrected chi connectivity index (χ4v) is 1.68. The summed E-state index contributed by atoms with van der Waals surface area (Å²) in [4.78, 5) is 18.1. The number of carbonyl (C=O) groups excluding carboxylic acids is 1. The molecule has 1 amide bonds. The van der Waals surface area contributed by atoms with E-state index in [0.717, 1.165) is 26.2 Å². The highest BCUT2D eigenvalue weighted by Gasteiger charge is 2.21. The van der Waals surface area contributed by atoms with Crippen molar-refractivity contribution in [1.82, 2.24) is 9.80 Å². The fourth-order valence-electron chi connectivity index (χ4n) is 1.68. The van der Waals surface area contributed by atoms with Crippen LogP contribution in [-0.4, -0.2) is 54.5 Å². The molecule has 0 aromatic heterocycles. The average molecular weight is 211 g/mol. The molecule has 1 fully saturated rings. The maximum atomic E-state index is 11.5. The van der Waals surface area contributed by atoms with Gasteiger partial charge in [-0.25, -0.2) is 0 Å². The van der Waals surface area contributed by atoms with E-state index in [1.165, 1.54) is 0 Å². The molecule has 0 saturated carbocycles. The highest BCUT2D eigenvalue weighted by atomic mass is 16.2. The van der Waals surface area contributed by atoms with Crippen molar-refractivity contribution in [1.29, 1.82) is 0 Å². The molecule has 0 unspecified atom stereocenters. The van der Waals surface area contributed by atoms with Crippen LogP contribution in [0.25, 0.3) is 10.4 Å². The number of hydrogen-bond donors (Lipinski definition) is 0. The first-order chi connectivity index (χ1) is 7.15. The van der Waals surface area contributed by atoms with Gasteiger partial charge >= 0.3 is 0 Å². The smallest absolute Gasteiger partial charge is 0.228 e. The first-order valence-electron chi connectivity index (χ1n) is 5.18. The lowest BCUT2D eigenvalue weighted by Crippen LogP contribution is -2.51. The van der Waals surface area contributed by atoms with Gasteiger partial charge in [-0.05, 0) is 19.4 Å². The number of azide groups is 1. The predicted octanol–water partition coefficient (Wildman–Crippen LogP) is 0.849. The molecule has 1 heterocycles. The summed E-state index contributed by atoms with van der Waals surface area (Å²) in [6.45, 7) is 7.52. The Kier molecular flexibility index (Phi) is 4.39. The van der Waals surface area contributed by atoms with Gasteiger partial charge in [-0.2, -0.15) is 0 Å². The predicted molar refractivity (Wildman–Crippen MR) is 57.3 cm³/mol. The Morgan fingerprint density at radius 2 is 2.00 bits per heavy atom. The molecule has 0 bridgehead atoms. The first kappa shape index (κ1) is 11.8. The zero-order chi connectivity index (χ0) is 11.3. The topological polar surface area (TPSA) is 72.3 Å². The first-order valence-corrected chi connectivity index (χ1v) is 5.18. The summed E-state index contributed by atoms with van der Waals surface area (Å²) in [6, 6.07) is 0.527. The number of rotatable bonds is 3. The molecule has 1 rings (SSSR count). The third kappa shape index (κ3) is 3.42. The summed E-state index contributed by atoms with van der Waals surface area (Å²) in [5, 5.41) is 3.28. The van der Waals surface area contributed by atoms with Gasteiger partial charge in [0.15, 0.2) is 0 Å². The van der Waals surface area contributed by atoms with Crippen LogP contribution in [0.5, 0.6) is 0 Å². The van der Waals surface area contributed by atoms with E-state index in [4.69, 9.17) is 5.53 Å². The standard InChI is InChI=1S/C9H17N5O/c1-8(2)13-3-5-14(6-4-13)9(15)7-11-12-10/h8H,3-7H2,1-2H3. The Morgan fingerprint density at radius 3 is 2.47 bits per heavy atom. The Hall–Kier alpha value is -1.26. The van der Waals surface area contributed by atoms with Crippen LogP contribution in [0.2, 0.25) is 0 Å². The van der Waals surface area contributed by atoms with E-state index in [1.54, 1.807) is 4.90 Å². The van der Waals surface area contributed by atoms with Crippen molar-refractivity contribution in [3.8, 4) is 0 Å². The van der Waals surface area contributed by atoms with Crippen molar-refractivity contribution in [2.24, 2.45) is 5.11 Å². The normalized spacial score (nSPS) is 17.7. The third-order valence-corrected chi connectivity index (χ3v) is 2.67. The lowest BCUT2D eigenvalue weighted by molar-refractivity contribution is -0.131. The van der Waals surface area contributed by atoms with Gasteiger partial charge in [0.2, 0.25) is 5.91 Å². The van der Waals surface area contributed by atoms with Crippen molar-refractivity contribution >= 4 is 5.91 Å². The zero-order valence-electron chi connectivity index (χ0n) is 9.26. The molecule has 6 nitrogen and oxygen atoms in total. The maximum absolute atomic E-state index is 11.5. The summed E-state index contributed by atoms with van der Waals surface area (Å²) in [5.41, 5.74) is 8.11. The molecule has 6 heteroatoms. The van der Waals surface area contributed by atoms with Crippen molar-refractivity contribution in [3.63, 3.8) is 0 Å². The third-order valence-electron chi connectivity index (χ3n) is 2.67. The second-order valence-electron chi connectivity index (χ2n) is 3.90. The van der Waals surface area contributed by atoms with Crippen LogP contribution in [0.15, 0.2) is 5.11 Å². The fraction of sp³-hybridized carbons (Fsp3) is 0.889. The SMILES string of the molecule is CC(C)N1CCN(C(=O)CN=[N+]=[N-])CC1. The van der Waals surface area contributed by atoms with Crippen molar-refractivity contribution in [3.05, 3.63) is 10.4 Å². The highest BCUT2D eigenvalue weighted by Crippen LogP contribution is 2.05. The average Bonchev–Trinajstić information content (AvgIpc) is 2.26. The van der Waals surface area contributed by atoms with E-state index in [-0.39, 0.29) is 12.5 Å². The van der Waals surface area contributed by atoms with E-state index in [1.807, 2.05) is 0 Å². The van der Waals surface area contributed by atoms with E-state index in [2.05, 4.69) is 28.8 Å². The number of hydrogen-bond acceptors (Lipinski definition) is 3. The molecule has 0 aliphatic carbocycles.